The number of hydrogen-bond acceptors (Lipinski definition) is 0. The zero-order valence-electron chi connectivity index (χ0n) is 15.2. The summed E-state index contributed by atoms with van der Waals surface area (Å²) >= 11 is 9.76. The predicted molar refractivity (Wildman–Crippen MR) is 120 cm³/mol. The molecular formula is C25H17BrClF. The first-order valence-electron chi connectivity index (χ1n) is 8.95. The molecule has 0 saturated carbocycles. The van der Waals surface area contributed by atoms with Crippen LogP contribution in [0.15, 0.2) is 89.4 Å². The average molecular weight is 452 g/mol. The van der Waals surface area contributed by atoms with Gasteiger partial charge in [-0.05, 0) is 70.6 Å². The Morgan fingerprint density at radius 1 is 0.714 bits per heavy atom. The molecule has 0 bridgehead atoms. The van der Waals surface area contributed by atoms with Crippen molar-refractivity contribution >= 4 is 27.5 Å². The molecule has 3 heteroatoms. The molecule has 0 atom stereocenters. The summed E-state index contributed by atoms with van der Waals surface area (Å²) in [7, 11) is 0. The molecule has 0 radical (unpaired) electrons. The van der Waals surface area contributed by atoms with Crippen molar-refractivity contribution in [2.45, 2.75) is 6.92 Å². The molecule has 0 aliphatic heterocycles. The predicted octanol–water partition coefficient (Wildman–Crippen LogP) is 8.55. The van der Waals surface area contributed by atoms with Gasteiger partial charge in [0.15, 0.2) is 0 Å². The molecule has 0 fully saturated rings. The summed E-state index contributed by atoms with van der Waals surface area (Å²) < 4.78 is 15.7. The smallest absolute Gasteiger partial charge is 0.131 e. The van der Waals surface area contributed by atoms with Crippen molar-refractivity contribution in [3.63, 3.8) is 0 Å². The van der Waals surface area contributed by atoms with E-state index in [0.717, 1.165) is 37.9 Å². The Morgan fingerprint density at radius 2 is 1.43 bits per heavy atom. The Bertz CT molecular complexity index is 1150. The Labute approximate surface area is 177 Å². The molecule has 0 spiro atoms. The second kappa shape index (κ2) is 7.90. The second-order valence-corrected chi connectivity index (χ2v) is 8.01. The molecule has 4 rings (SSSR count). The molecular weight excluding hydrogens is 435 g/mol. The third-order valence-corrected chi connectivity index (χ3v) is 5.66. The molecule has 0 N–H and O–H groups in total. The van der Waals surface area contributed by atoms with Crippen molar-refractivity contribution in [2.75, 3.05) is 0 Å². The van der Waals surface area contributed by atoms with E-state index in [-0.39, 0.29) is 5.82 Å². The van der Waals surface area contributed by atoms with Gasteiger partial charge < -0.3 is 0 Å². The van der Waals surface area contributed by atoms with E-state index in [0.29, 0.717) is 10.6 Å². The molecule has 4 aromatic carbocycles. The molecule has 138 valence electrons. The lowest BCUT2D eigenvalue weighted by molar-refractivity contribution is 0.631. The fraction of sp³-hybridized carbons (Fsp3) is 0.0400. The zero-order valence-corrected chi connectivity index (χ0v) is 17.6. The summed E-state index contributed by atoms with van der Waals surface area (Å²) in [6, 6.07) is 26.9. The number of halogens is 3. The zero-order chi connectivity index (χ0) is 19.7. The minimum absolute atomic E-state index is 0.235. The molecule has 0 nitrogen and oxygen atoms in total. The maximum atomic E-state index is 14.6. The number of benzene rings is 4. The Morgan fingerprint density at radius 3 is 2.14 bits per heavy atom. The number of hydrogen-bond donors (Lipinski definition) is 0. The van der Waals surface area contributed by atoms with Crippen LogP contribution in [0, 0.1) is 12.7 Å². The molecule has 28 heavy (non-hydrogen) atoms. The standard InChI is InChI=1S/C25H17BrClF/c1-16-21(17-9-11-19(26)12-10-17)13-14-23(22-7-2-3-8-24(22)28)25(16)18-5-4-6-20(27)15-18/h2-15H,1H3. The van der Waals surface area contributed by atoms with E-state index in [1.165, 1.54) is 6.07 Å². The minimum atomic E-state index is -0.235. The van der Waals surface area contributed by atoms with Crippen LogP contribution in [0.3, 0.4) is 0 Å². The van der Waals surface area contributed by atoms with Gasteiger partial charge in [0.25, 0.3) is 0 Å². The van der Waals surface area contributed by atoms with E-state index in [1.54, 1.807) is 6.07 Å². The van der Waals surface area contributed by atoms with Crippen LogP contribution in [-0.4, -0.2) is 0 Å². The first kappa shape index (κ1) is 18.9. The molecule has 4 aromatic rings. The maximum Gasteiger partial charge on any atom is 0.131 e. The highest BCUT2D eigenvalue weighted by atomic mass is 79.9. The summed E-state index contributed by atoms with van der Waals surface area (Å²) in [5.74, 6) is -0.235. The first-order valence-corrected chi connectivity index (χ1v) is 10.1. The molecule has 0 heterocycles. The molecule has 0 aromatic heterocycles. The fourth-order valence-electron chi connectivity index (χ4n) is 3.57. The van der Waals surface area contributed by atoms with E-state index in [2.05, 4.69) is 41.1 Å². The summed E-state index contributed by atoms with van der Waals surface area (Å²) in [6.45, 7) is 2.08. The van der Waals surface area contributed by atoms with Gasteiger partial charge in [-0.2, -0.15) is 0 Å². The van der Waals surface area contributed by atoms with Gasteiger partial charge in [0, 0.05) is 15.1 Å². The van der Waals surface area contributed by atoms with Crippen LogP contribution in [0.25, 0.3) is 33.4 Å². The summed E-state index contributed by atoms with van der Waals surface area (Å²) in [4.78, 5) is 0. The Kier molecular flexibility index (Phi) is 5.34. The van der Waals surface area contributed by atoms with E-state index in [1.807, 2.05) is 54.6 Å². The quantitative estimate of drug-likeness (QED) is 0.293. The largest absolute Gasteiger partial charge is 0.206 e. The Hall–Kier alpha value is -2.42. The highest BCUT2D eigenvalue weighted by Gasteiger charge is 2.17. The van der Waals surface area contributed by atoms with Gasteiger partial charge in [-0.15, -0.1) is 0 Å². The SMILES string of the molecule is Cc1c(-c2ccc(Br)cc2)ccc(-c2ccccc2F)c1-c1cccc(Cl)c1. The average Bonchev–Trinajstić information content (AvgIpc) is 2.69. The lowest BCUT2D eigenvalue weighted by Gasteiger charge is -2.18. The Balaban J connectivity index is 2.01. The van der Waals surface area contributed by atoms with Crippen molar-refractivity contribution in [1.82, 2.24) is 0 Å². The van der Waals surface area contributed by atoms with Crippen molar-refractivity contribution in [2.24, 2.45) is 0 Å². The van der Waals surface area contributed by atoms with Crippen molar-refractivity contribution in [1.29, 1.82) is 0 Å². The fourth-order valence-corrected chi connectivity index (χ4v) is 4.03. The van der Waals surface area contributed by atoms with E-state index in [9.17, 15) is 4.39 Å². The van der Waals surface area contributed by atoms with Gasteiger partial charge in [0.2, 0.25) is 0 Å². The lowest BCUT2D eigenvalue weighted by atomic mass is 9.86. The van der Waals surface area contributed by atoms with Crippen LogP contribution in [0.2, 0.25) is 5.02 Å². The minimum Gasteiger partial charge on any atom is -0.206 e. The highest BCUT2D eigenvalue weighted by molar-refractivity contribution is 9.10. The lowest BCUT2D eigenvalue weighted by Crippen LogP contribution is -1.95. The third kappa shape index (κ3) is 3.63. The normalized spacial score (nSPS) is 10.9. The highest BCUT2D eigenvalue weighted by Crippen LogP contribution is 2.41. The molecule has 0 aliphatic rings. The van der Waals surface area contributed by atoms with Crippen molar-refractivity contribution < 1.29 is 4.39 Å². The van der Waals surface area contributed by atoms with Crippen LogP contribution < -0.4 is 0 Å². The van der Waals surface area contributed by atoms with E-state index >= 15 is 0 Å². The van der Waals surface area contributed by atoms with Gasteiger partial charge in [0.05, 0.1) is 0 Å². The van der Waals surface area contributed by atoms with Crippen LogP contribution >= 0.6 is 27.5 Å². The number of rotatable bonds is 3. The van der Waals surface area contributed by atoms with Gasteiger partial charge in [-0.3, -0.25) is 0 Å². The van der Waals surface area contributed by atoms with Crippen molar-refractivity contribution in [3.05, 3.63) is 106 Å². The van der Waals surface area contributed by atoms with Crippen LogP contribution in [0.4, 0.5) is 4.39 Å². The van der Waals surface area contributed by atoms with Gasteiger partial charge in [0.1, 0.15) is 5.82 Å². The van der Waals surface area contributed by atoms with E-state index in [4.69, 9.17) is 11.6 Å². The third-order valence-electron chi connectivity index (χ3n) is 4.90. The summed E-state index contributed by atoms with van der Waals surface area (Å²) in [6.07, 6.45) is 0. The molecule has 0 saturated heterocycles. The second-order valence-electron chi connectivity index (χ2n) is 6.66. The van der Waals surface area contributed by atoms with Crippen LogP contribution in [-0.2, 0) is 0 Å². The maximum absolute atomic E-state index is 14.6. The van der Waals surface area contributed by atoms with Crippen LogP contribution in [0.5, 0.6) is 0 Å². The molecule has 0 unspecified atom stereocenters. The van der Waals surface area contributed by atoms with Gasteiger partial charge in [-0.25, -0.2) is 4.39 Å². The first-order chi connectivity index (χ1) is 13.5. The summed E-state index contributed by atoms with van der Waals surface area (Å²) in [5, 5.41) is 0.658. The van der Waals surface area contributed by atoms with E-state index < -0.39 is 0 Å². The van der Waals surface area contributed by atoms with Gasteiger partial charge >= 0.3 is 0 Å². The summed E-state index contributed by atoms with van der Waals surface area (Å²) in [5.41, 5.74) is 6.73. The topological polar surface area (TPSA) is 0 Å². The molecule has 0 aliphatic carbocycles. The van der Waals surface area contributed by atoms with Gasteiger partial charge in [-0.1, -0.05) is 82.1 Å². The molecule has 0 amide bonds. The monoisotopic (exact) mass is 450 g/mol. The van der Waals surface area contributed by atoms with Crippen LogP contribution in [0.1, 0.15) is 5.56 Å². The van der Waals surface area contributed by atoms with Crippen molar-refractivity contribution in [3.8, 4) is 33.4 Å².